The lowest BCUT2D eigenvalue weighted by Crippen LogP contribution is -2.45. The van der Waals surface area contributed by atoms with Crippen LogP contribution in [-0.4, -0.2) is 62.7 Å². The number of likely N-dealkylation sites (N-methyl/N-ethyl adjacent to an activating group) is 1. The smallest absolute Gasteiger partial charge is 0.191 e. The van der Waals surface area contributed by atoms with Crippen molar-refractivity contribution in [1.29, 1.82) is 0 Å². The minimum absolute atomic E-state index is 0. The molecule has 5 nitrogen and oxygen atoms in total. The molecule has 1 fully saturated rings. The van der Waals surface area contributed by atoms with Gasteiger partial charge in [0.2, 0.25) is 0 Å². The van der Waals surface area contributed by atoms with Crippen molar-refractivity contribution in [2.75, 3.05) is 47.1 Å². The summed E-state index contributed by atoms with van der Waals surface area (Å²) in [6.45, 7) is 4.08. The van der Waals surface area contributed by atoms with E-state index in [4.69, 9.17) is 4.74 Å². The summed E-state index contributed by atoms with van der Waals surface area (Å²) < 4.78 is 5.58. The van der Waals surface area contributed by atoms with Gasteiger partial charge in [-0.25, -0.2) is 0 Å². The third kappa shape index (κ3) is 6.81. The summed E-state index contributed by atoms with van der Waals surface area (Å²) in [5, 5.41) is 6.97. The van der Waals surface area contributed by atoms with Crippen LogP contribution in [0.25, 0.3) is 0 Å². The average molecular weight is 492 g/mol. The van der Waals surface area contributed by atoms with Crippen LogP contribution in [0.2, 0.25) is 0 Å². The first-order chi connectivity index (χ1) is 12.0. The van der Waals surface area contributed by atoms with Gasteiger partial charge in [-0.3, -0.25) is 4.99 Å². The van der Waals surface area contributed by atoms with Crippen LogP contribution >= 0.6 is 35.7 Å². The molecule has 2 N–H and O–H groups in total. The van der Waals surface area contributed by atoms with E-state index < -0.39 is 0 Å². The van der Waals surface area contributed by atoms with Crippen LogP contribution in [0.4, 0.5) is 0 Å². The Morgan fingerprint density at radius 1 is 1.31 bits per heavy atom. The second-order valence-corrected chi connectivity index (χ2v) is 8.64. The number of thioether (sulfide) groups is 1. The minimum atomic E-state index is 0. The fourth-order valence-corrected chi connectivity index (χ4v) is 4.33. The fourth-order valence-electron chi connectivity index (χ4n) is 3.09. The standard InChI is InChI=1S/C19H32N4OS.HI/c1-19(11-6-12-25-19)14-22-18(20-2)21-13-17(23(3)4)15-7-9-16(24-5)10-8-15;/h7-10,17H,6,11-14H2,1-5H3,(H2,20,21,22);1H. The maximum Gasteiger partial charge on any atom is 0.191 e. The van der Waals surface area contributed by atoms with E-state index in [2.05, 4.69) is 65.4 Å². The Hall–Kier alpha value is -0.670. The topological polar surface area (TPSA) is 48.9 Å². The van der Waals surface area contributed by atoms with Crippen molar-refractivity contribution in [3.63, 3.8) is 0 Å². The molecule has 2 unspecified atom stereocenters. The molecule has 0 aliphatic carbocycles. The molecule has 0 amide bonds. The lowest BCUT2D eigenvalue weighted by atomic mass is 10.1. The number of hydrogen-bond donors (Lipinski definition) is 2. The van der Waals surface area contributed by atoms with Gasteiger partial charge in [0.05, 0.1) is 13.2 Å². The van der Waals surface area contributed by atoms with Crippen molar-refractivity contribution in [3.05, 3.63) is 29.8 Å². The maximum absolute atomic E-state index is 5.25. The Labute approximate surface area is 179 Å². The Morgan fingerprint density at radius 3 is 2.50 bits per heavy atom. The number of hydrogen-bond acceptors (Lipinski definition) is 4. The summed E-state index contributed by atoms with van der Waals surface area (Å²) in [7, 11) is 7.72. The summed E-state index contributed by atoms with van der Waals surface area (Å²) >= 11 is 2.06. The van der Waals surface area contributed by atoms with E-state index in [1.807, 2.05) is 19.2 Å². The number of benzene rings is 1. The molecule has 1 aromatic carbocycles. The Balaban J connectivity index is 0.00000338. The normalized spacial score (nSPS) is 21.2. The summed E-state index contributed by atoms with van der Waals surface area (Å²) in [5.74, 6) is 3.02. The molecule has 26 heavy (non-hydrogen) atoms. The second kappa shape index (κ2) is 11.2. The number of rotatable bonds is 7. The zero-order chi connectivity index (χ0) is 18.3. The summed E-state index contributed by atoms with van der Waals surface area (Å²) in [6, 6.07) is 8.53. The average Bonchev–Trinajstić information content (AvgIpc) is 3.05. The molecular formula is C19H33IN4OS. The lowest BCUT2D eigenvalue weighted by Gasteiger charge is -2.28. The molecule has 0 spiro atoms. The predicted molar refractivity (Wildman–Crippen MR) is 124 cm³/mol. The van der Waals surface area contributed by atoms with Crippen molar-refractivity contribution in [1.82, 2.24) is 15.5 Å². The van der Waals surface area contributed by atoms with Crippen LogP contribution in [-0.2, 0) is 0 Å². The largest absolute Gasteiger partial charge is 0.497 e. The SMILES string of the molecule is CN=C(NCC(c1ccc(OC)cc1)N(C)C)NCC1(C)CCCS1.I. The zero-order valence-corrected chi connectivity index (χ0v) is 19.7. The Bertz CT molecular complexity index is 559. The van der Waals surface area contributed by atoms with Crippen molar-refractivity contribution >= 4 is 41.7 Å². The highest BCUT2D eigenvalue weighted by Gasteiger charge is 2.29. The van der Waals surface area contributed by atoms with Crippen LogP contribution in [0, 0.1) is 0 Å². The third-order valence-electron chi connectivity index (χ3n) is 4.74. The van der Waals surface area contributed by atoms with Crippen molar-refractivity contribution in [2.24, 2.45) is 4.99 Å². The molecule has 1 aromatic rings. The number of nitrogens with one attached hydrogen (secondary N) is 2. The number of guanidine groups is 1. The van der Waals surface area contributed by atoms with Crippen LogP contribution in [0.1, 0.15) is 31.4 Å². The van der Waals surface area contributed by atoms with Crippen LogP contribution in [0.5, 0.6) is 5.75 Å². The van der Waals surface area contributed by atoms with E-state index in [-0.39, 0.29) is 30.0 Å². The van der Waals surface area contributed by atoms with E-state index in [1.54, 1.807) is 7.11 Å². The highest BCUT2D eigenvalue weighted by atomic mass is 127. The summed E-state index contributed by atoms with van der Waals surface area (Å²) in [6.07, 6.45) is 2.59. The number of nitrogens with zero attached hydrogens (tertiary/aromatic N) is 2. The molecule has 2 atom stereocenters. The van der Waals surface area contributed by atoms with Gasteiger partial charge in [0, 0.05) is 24.9 Å². The molecule has 0 radical (unpaired) electrons. The number of methoxy groups -OCH3 is 1. The van der Waals surface area contributed by atoms with Gasteiger partial charge in [-0.05, 0) is 57.3 Å². The van der Waals surface area contributed by atoms with Crippen molar-refractivity contribution < 1.29 is 4.74 Å². The molecule has 1 heterocycles. The molecule has 1 aliphatic heterocycles. The maximum atomic E-state index is 5.25. The molecular weight excluding hydrogens is 459 g/mol. The molecule has 148 valence electrons. The molecule has 0 aromatic heterocycles. The van der Waals surface area contributed by atoms with E-state index in [0.29, 0.717) is 4.75 Å². The summed E-state index contributed by atoms with van der Waals surface area (Å²) in [5.41, 5.74) is 1.26. The van der Waals surface area contributed by atoms with E-state index >= 15 is 0 Å². The molecule has 0 bridgehead atoms. The van der Waals surface area contributed by atoms with Gasteiger partial charge in [0.15, 0.2) is 5.96 Å². The van der Waals surface area contributed by atoms with Gasteiger partial charge in [-0.15, -0.1) is 24.0 Å². The quantitative estimate of drug-likeness (QED) is 0.347. The van der Waals surface area contributed by atoms with Crippen molar-refractivity contribution in [2.45, 2.75) is 30.6 Å². The van der Waals surface area contributed by atoms with E-state index in [1.165, 1.54) is 24.2 Å². The first-order valence-electron chi connectivity index (χ1n) is 8.86. The molecule has 1 saturated heterocycles. The predicted octanol–water partition coefficient (Wildman–Crippen LogP) is 3.37. The molecule has 7 heteroatoms. The Kier molecular flexibility index (Phi) is 10.1. The van der Waals surface area contributed by atoms with Gasteiger partial charge < -0.3 is 20.3 Å². The number of aliphatic imine (C=N–C) groups is 1. The van der Waals surface area contributed by atoms with Crippen LogP contribution in [0.15, 0.2) is 29.3 Å². The van der Waals surface area contributed by atoms with Gasteiger partial charge in [0.1, 0.15) is 5.75 Å². The van der Waals surface area contributed by atoms with Gasteiger partial charge >= 0.3 is 0 Å². The van der Waals surface area contributed by atoms with Crippen LogP contribution in [0.3, 0.4) is 0 Å². The van der Waals surface area contributed by atoms with Crippen LogP contribution < -0.4 is 15.4 Å². The lowest BCUT2D eigenvalue weighted by molar-refractivity contribution is 0.298. The second-order valence-electron chi connectivity index (χ2n) is 6.96. The third-order valence-corrected chi connectivity index (χ3v) is 6.28. The van der Waals surface area contributed by atoms with E-state index in [9.17, 15) is 0 Å². The minimum Gasteiger partial charge on any atom is -0.497 e. The van der Waals surface area contributed by atoms with E-state index in [0.717, 1.165) is 24.8 Å². The monoisotopic (exact) mass is 492 g/mol. The number of halogens is 1. The molecule has 0 saturated carbocycles. The first-order valence-corrected chi connectivity index (χ1v) is 9.85. The molecule has 2 rings (SSSR count). The highest BCUT2D eigenvalue weighted by molar-refractivity contribution is 14.0. The number of ether oxygens (including phenoxy) is 1. The zero-order valence-electron chi connectivity index (χ0n) is 16.5. The first kappa shape index (κ1) is 23.4. The fraction of sp³-hybridized carbons (Fsp3) is 0.632. The van der Waals surface area contributed by atoms with Crippen molar-refractivity contribution in [3.8, 4) is 5.75 Å². The highest BCUT2D eigenvalue weighted by Crippen LogP contribution is 2.36. The van der Waals surface area contributed by atoms with Gasteiger partial charge in [0.25, 0.3) is 0 Å². The van der Waals surface area contributed by atoms with Gasteiger partial charge in [-0.2, -0.15) is 11.8 Å². The Morgan fingerprint density at radius 2 is 2.00 bits per heavy atom. The van der Waals surface area contributed by atoms with Gasteiger partial charge in [-0.1, -0.05) is 12.1 Å². The summed E-state index contributed by atoms with van der Waals surface area (Å²) in [4.78, 5) is 6.60. The molecule has 1 aliphatic rings.